The van der Waals surface area contributed by atoms with Gasteiger partial charge in [0.25, 0.3) is 0 Å². The van der Waals surface area contributed by atoms with Gasteiger partial charge in [-0.25, -0.2) is 0 Å². The summed E-state index contributed by atoms with van der Waals surface area (Å²) in [4.78, 5) is 2.32. The van der Waals surface area contributed by atoms with Crippen LogP contribution in [0.1, 0.15) is 0 Å². The standard InChI is InChI=1S/C50H32N2O/c1-2-14-38(15-3-1)52-47-32-37(25-29-42(47)44-30-24-35-12-6-7-16-41(35)49(44)52)34-21-26-39(27-22-34)51(40-28-23-33-11-4-5-13-36(33)31-40)46-19-10-18-45-43-17-8-9-20-48(43)53-50(45)46/h1-32H. The van der Waals surface area contributed by atoms with Crippen LogP contribution < -0.4 is 4.90 Å². The SMILES string of the molecule is c1ccc(-n2c3cc(-c4ccc(N(c5ccc6ccccc6c5)c5cccc6c5oc5ccccc56)cc4)ccc3c3ccc4ccccc4c32)cc1. The van der Waals surface area contributed by atoms with Crippen molar-refractivity contribution >= 4 is 82.4 Å². The van der Waals surface area contributed by atoms with Crippen LogP contribution in [0.4, 0.5) is 17.1 Å². The summed E-state index contributed by atoms with van der Waals surface area (Å²) in [6, 6.07) is 69.7. The fraction of sp³-hybridized carbons (Fsp3) is 0. The van der Waals surface area contributed by atoms with Gasteiger partial charge in [0.05, 0.1) is 16.7 Å². The summed E-state index contributed by atoms with van der Waals surface area (Å²) in [5.74, 6) is 0. The van der Waals surface area contributed by atoms with Crippen molar-refractivity contribution < 1.29 is 4.42 Å². The van der Waals surface area contributed by atoms with E-state index in [-0.39, 0.29) is 0 Å². The Bertz CT molecular complexity index is 3170. The quantitative estimate of drug-likeness (QED) is 0.181. The molecule has 0 aliphatic rings. The molecule has 9 aromatic carbocycles. The van der Waals surface area contributed by atoms with Crippen molar-refractivity contribution in [1.82, 2.24) is 4.57 Å². The maximum Gasteiger partial charge on any atom is 0.159 e. The minimum Gasteiger partial charge on any atom is -0.454 e. The first-order chi connectivity index (χ1) is 26.3. The normalized spacial score (nSPS) is 11.8. The van der Waals surface area contributed by atoms with E-state index in [1.807, 2.05) is 12.1 Å². The van der Waals surface area contributed by atoms with Crippen LogP contribution in [0.25, 0.3) is 82.1 Å². The molecule has 0 aliphatic carbocycles. The molecule has 0 atom stereocenters. The third kappa shape index (κ3) is 4.68. The minimum absolute atomic E-state index is 0.873. The van der Waals surface area contributed by atoms with E-state index in [1.165, 1.54) is 48.9 Å². The van der Waals surface area contributed by atoms with Gasteiger partial charge in [-0.3, -0.25) is 0 Å². The number of anilines is 3. The maximum absolute atomic E-state index is 6.58. The first-order valence-corrected chi connectivity index (χ1v) is 18.1. The van der Waals surface area contributed by atoms with Crippen molar-refractivity contribution in [3.8, 4) is 16.8 Å². The molecule has 0 fully saturated rings. The second kappa shape index (κ2) is 11.7. The molecule has 0 bridgehead atoms. The molecule has 0 aliphatic heterocycles. The summed E-state index contributed by atoms with van der Waals surface area (Å²) in [6.45, 7) is 0. The third-order valence-corrected chi connectivity index (χ3v) is 10.7. The lowest BCUT2D eigenvalue weighted by molar-refractivity contribution is 0.669. The Morgan fingerprint density at radius 1 is 0.396 bits per heavy atom. The second-order valence-corrected chi connectivity index (χ2v) is 13.8. The van der Waals surface area contributed by atoms with Gasteiger partial charge in [0.15, 0.2) is 5.58 Å². The first-order valence-electron chi connectivity index (χ1n) is 18.1. The number of aromatic nitrogens is 1. The molecule has 0 saturated heterocycles. The van der Waals surface area contributed by atoms with Crippen LogP contribution in [-0.4, -0.2) is 4.57 Å². The number of fused-ring (bicyclic) bond motifs is 9. The molecule has 11 aromatic rings. The lowest BCUT2D eigenvalue weighted by atomic mass is 10.0. The Morgan fingerprint density at radius 3 is 1.92 bits per heavy atom. The number of rotatable bonds is 5. The van der Waals surface area contributed by atoms with Crippen LogP contribution in [0, 0.1) is 0 Å². The van der Waals surface area contributed by atoms with Crippen molar-refractivity contribution in [2.24, 2.45) is 0 Å². The highest BCUT2D eigenvalue weighted by atomic mass is 16.3. The molecule has 0 N–H and O–H groups in total. The fourth-order valence-electron chi connectivity index (χ4n) is 8.26. The molecule has 0 unspecified atom stereocenters. The summed E-state index contributed by atoms with van der Waals surface area (Å²) in [5.41, 5.74) is 10.8. The molecule has 3 heteroatoms. The number of hydrogen-bond donors (Lipinski definition) is 0. The van der Waals surface area contributed by atoms with E-state index < -0.39 is 0 Å². The van der Waals surface area contributed by atoms with Crippen molar-refractivity contribution in [1.29, 1.82) is 0 Å². The number of furan rings is 1. The zero-order valence-corrected chi connectivity index (χ0v) is 28.8. The molecular formula is C50H32N2O. The third-order valence-electron chi connectivity index (χ3n) is 10.7. The summed E-state index contributed by atoms with van der Waals surface area (Å²) in [5, 5.41) is 9.63. The maximum atomic E-state index is 6.58. The van der Waals surface area contributed by atoms with E-state index in [1.54, 1.807) is 0 Å². The second-order valence-electron chi connectivity index (χ2n) is 13.8. The van der Waals surface area contributed by atoms with E-state index in [0.29, 0.717) is 0 Å². The zero-order valence-electron chi connectivity index (χ0n) is 28.8. The smallest absolute Gasteiger partial charge is 0.159 e. The minimum atomic E-state index is 0.873. The van der Waals surface area contributed by atoms with E-state index >= 15 is 0 Å². The molecule has 2 heterocycles. The van der Waals surface area contributed by atoms with Gasteiger partial charge >= 0.3 is 0 Å². The molecule has 0 amide bonds. The predicted octanol–water partition coefficient (Wildman–Crippen LogP) is 14.1. The Labute approximate surface area is 306 Å². The summed E-state index contributed by atoms with van der Waals surface area (Å²) >= 11 is 0. The van der Waals surface area contributed by atoms with Crippen LogP contribution in [0.2, 0.25) is 0 Å². The largest absolute Gasteiger partial charge is 0.454 e. The molecule has 3 nitrogen and oxygen atoms in total. The highest BCUT2D eigenvalue weighted by Gasteiger charge is 2.20. The van der Waals surface area contributed by atoms with E-state index in [2.05, 4.69) is 191 Å². The molecule has 11 rings (SSSR count). The lowest BCUT2D eigenvalue weighted by Crippen LogP contribution is -2.10. The molecule has 2 aromatic heterocycles. The first kappa shape index (κ1) is 29.6. The van der Waals surface area contributed by atoms with Gasteiger partial charge < -0.3 is 13.9 Å². The molecule has 0 saturated carbocycles. The number of hydrogen-bond acceptors (Lipinski definition) is 2. The topological polar surface area (TPSA) is 21.3 Å². The Hall–Kier alpha value is -7.10. The molecule has 0 radical (unpaired) electrons. The monoisotopic (exact) mass is 676 g/mol. The van der Waals surface area contributed by atoms with Gasteiger partial charge in [-0.05, 0) is 81.9 Å². The van der Waals surface area contributed by atoms with Crippen molar-refractivity contribution in [3.63, 3.8) is 0 Å². The number of benzene rings is 9. The number of para-hydroxylation sites is 3. The van der Waals surface area contributed by atoms with Gasteiger partial charge in [-0.15, -0.1) is 0 Å². The van der Waals surface area contributed by atoms with E-state index in [4.69, 9.17) is 4.42 Å². The van der Waals surface area contributed by atoms with E-state index in [9.17, 15) is 0 Å². The molecule has 0 spiro atoms. The van der Waals surface area contributed by atoms with Gasteiger partial charge in [0.2, 0.25) is 0 Å². The summed E-state index contributed by atoms with van der Waals surface area (Å²) in [6.07, 6.45) is 0. The Morgan fingerprint density at radius 2 is 1.06 bits per heavy atom. The molecule has 53 heavy (non-hydrogen) atoms. The van der Waals surface area contributed by atoms with Gasteiger partial charge in [-0.2, -0.15) is 0 Å². The fourth-order valence-corrected chi connectivity index (χ4v) is 8.26. The van der Waals surface area contributed by atoms with Crippen LogP contribution in [0.15, 0.2) is 199 Å². The average Bonchev–Trinajstić information content (AvgIpc) is 3.78. The zero-order chi connectivity index (χ0) is 34.9. The molecular weight excluding hydrogens is 645 g/mol. The van der Waals surface area contributed by atoms with Crippen LogP contribution in [0.3, 0.4) is 0 Å². The van der Waals surface area contributed by atoms with Gasteiger partial charge in [0, 0.05) is 44.0 Å². The molecule has 248 valence electrons. The number of nitrogens with zero attached hydrogens (tertiary/aromatic N) is 2. The van der Waals surface area contributed by atoms with Gasteiger partial charge in [-0.1, -0.05) is 140 Å². The van der Waals surface area contributed by atoms with E-state index in [0.717, 1.165) is 50.3 Å². The predicted molar refractivity (Wildman–Crippen MR) is 223 cm³/mol. The van der Waals surface area contributed by atoms with Crippen LogP contribution >= 0.6 is 0 Å². The Kier molecular flexibility index (Phi) is 6.55. The lowest BCUT2D eigenvalue weighted by Gasteiger charge is -2.26. The summed E-state index contributed by atoms with van der Waals surface area (Å²) < 4.78 is 9.02. The van der Waals surface area contributed by atoms with Crippen LogP contribution in [0.5, 0.6) is 0 Å². The van der Waals surface area contributed by atoms with Crippen molar-refractivity contribution in [3.05, 3.63) is 194 Å². The highest BCUT2D eigenvalue weighted by Crippen LogP contribution is 2.44. The van der Waals surface area contributed by atoms with Crippen molar-refractivity contribution in [2.45, 2.75) is 0 Å². The van der Waals surface area contributed by atoms with Gasteiger partial charge in [0.1, 0.15) is 5.58 Å². The average molecular weight is 677 g/mol. The highest BCUT2D eigenvalue weighted by molar-refractivity contribution is 6.19. The van der Waals surface area contributed by atoms with Crippen LogP contribution in [-0.2, 0) is 0 Å². The van der Waals surface area contributed by atoms with Crippen molar-refractivity contribution in [2.75, 3.05) is 4.90 Å². The summed E-state index contributed by atoms with van der Waals surface area (Å²) in [7, 11) is 0. The Balaban J connectivity index is 1.08.